The summed E-state index contributed by atoms with van der Waals surface area (Å²) >= 11 is 6.11. The number of amides is 2. The fourth-order valence-electron chi connectivity index (χ4n) is 3.78. The van der Waals surface area contributed by atoms with Crippen molar-refractivity contribution in [3.05, 3.63) is 88.4 Å². The van der Waals surface area contributed by atoms with Crippen molar-refractivity contribution in [2.75, 3.05) is 22.6 Å². The van der Waals surface area contributed by atoms with Crippen LogP contribution in [0.15, 0.2) is 66.7 Å². The van der Waals surface area contributed by atoms with E-state index in [1.165, 1.54) is 11.8 Å². The third-order valence-electron chi connectivity index (χ3n) is 5.54. The van der Waals surface area contributed by atoms with E-state index < -0.39 is 5.97 Å². The van der Waals surface area contributed by atoms with E-state index in [2.05, 4.69) is 10.6 Å². The Hall–Kier alpha value is -4.10. The molecule has 3 aromatic carbocycles. The number of carbonyl (C=O) groups is 3. The Morgan fingerprint density at radius 3 is 2.47 bits per heavy atom. The van der Waals surface area contributed by atoms with Crippen LogP contribution < -0.4 is 15.5 Å². The van der Waals surface area contributed by atoms with E-state index in [1.54, 1.807) is 55.6 Å². The molecule has 1 aliphatic heterocycles. The summed E-state index contributed by atoms with van der Waals surface area (Å²) < 4.78 is 0. The number of nitrogens with zero attached hydrogens (tertiary/aromatic N) is 1. The normalized spacial score (nSPS) is 13.7. The van der Waals surface area contributed by atoms with Crippen LogP contribution in [-0.4, -0.2) is 29.9 Å². The van der Waals surface area contributed by atoms with Gasteiger partial charge in [0, 0.05) is 35.9 Å². The minimum Gasteiger partial charge on any atom is -0.481 e. The van der Waals surface area contributed by atoms with E-state index in [0.717, 1.165) is 5.69 Å². The number of fused-ring (bicyclic) bond motifs is 1. The SMILES string of the molecule is CC(=O)N(C)c1ccc(NC(=C2C(=O)Nc3cc(Cl)ccc32)c2cccc(CC(=O)O)c2)cc1. The Kier molecular flexibility index (Phi) is 6.38. The average molecular weight is 476 g/mol. The second-order valence-corrected chi connectivity index (χ2v) is 8.35. The molecule has 0 spiro atoms. The second-order valence-electron chi connectivity index (χ2n) is 7.91. The van der Waals surface area contributed by atoms with Crippen LogP contribution in [0.25, 0.3) is 11.3 Å². The molecule has 34 heavy (non-hydrogen) atoms. The molecule has 172 valence electrons. The van der Waals surface area contributed by atoms with Crippen molar-refractivity contribution >= 4 is 57.7 Å². The highest BCUT2D eigenvalue weighted by molar-refractivity contribution is 6.38. The number of carboxylic acid groups (broad SMARTS) is 1. The van der Waals surface area contributed by atoms with Crippen LogP contribution in [-0.2, 0) is 20.8 Å². The highest BCUT2D eigenvalue weighted by Gasteiger charge is 2.28. The number of rotatable bonds is 6. The number of carboxylic acids is 1. The molecule has 1 heterocycles. The van der Waals surface area contributed by atoms with Gasteiger partial charge in [0.1, 0.15) is 0 Å². The van der Waals surface area contributed by atoms with Crippen LogP contribution in [0.4, 0.5) is 17.1 Å². The number of aliphatic carboxylic acids is 1. The van der Waals surface area contributed by atoms with Crippen molar-refractivity contribution in [3.8, 4) is 0 Å². The summed E-state index contributed by atoms with van der Waals surface area (Å²) in [6.07, 6.45) is -0.138. The average Bonchev–Trinajstić information content (AvgIpc) is 3.11. The predicted molar refractivity (Wildman–Crippen MR) is 134 cm³/mol. The number of hydrogen-bond donors (Lipinski definition) is 3. The van der Waals surface area contributed by atoms with Crippen LogP contribution in [0.5, 0.6) is 0 Å². The minimum absolute atomic E-state index is 0.0864. The molecule has 0 aromatic heterocycles. The summed E-state index contributed by atoms with van der Waals surface area (Å²) in [6, 6.07) is 19.5. The zero-order chi connectivity index (χ0) is 24.4. The minimum atomic E-state index is -0.942. The maximum absolute atomic E-state index is 13.0. The van der Waals surface area contributed by atoms with Crippen LogP contribution in [0.2, 0.25) is 5.02 Å². The molecule has 0 fully saturated rings. The van der Waals surface area contributed by atoms with Gasteiger partial charge in [0.05, 0.1) is 23.4 Å². The molecule has 4 rings (SSSR count). The Morgan fingerprint density at radius 1 is 1.06 bits per heavy atom. The lowest BCUT2D eigenvalue weighted by Crippen LogP contribution is -2.22. The molecule has 0 unspecified atom stereocenters. The van der Waals surface area contributed by atoms with Gasteiger partial charge in [0.2, 0.25) is 5.91 Å². The van der Waals surface area contributed by atoms with Gasteiger partial charge in [0.15, 0.2) is 0 Å². The van der Waals surface area contributed by atoms with Crippen molar-refractivity contribution in [3.63, 3.8) is 0 Å². The number of benzene rings is 3. The van der Waals surface area contributed by atoms with Crippen LogP contribution >= 0.6 is 11.6 Å². The second kappa shape index (κ2) is 9.41. The highest BCUT2D eigenvalue weighted by Crippen LogP contribution is 2.39. The predicted octanol–water partition coefficient (Wildman–Crippen LogP) is 4.88. The first kappa shape index (κ1) is 23.1. The highest BCUT2D eigenvalue weighted by atomic mass is 35.5. The molecule has 0 saturated carbocycles. The molecule has 3 aromatic rings. The number of carbonyl (C=O) groups excluding carboxylic acids is 2. The third kappa shape index (κ3) is 4.79. The Bertz CT molecular complexity index is 1330. The lowest BCUT2D eigenvalue weighted by atomic mass is 9.98. The van der Waals surface area contributed by atoms with Gasteiger partial charge in [-0.2, -0.15) is 0 Å². The molecular formula is C26H22ClN3O4. The van der Waals surface area contributed by atoms with Gasteiger partial charge in [-0.1, -0.05) is 35.9 Å². The van der Waals surface area contributed by atoms with Crippen molar-refractivity contribution in [1.82, 2.24) is 0 Å². The van der Waals surface area contributed by atoms with E-state index in [-0.39, 0.29) is 18.2 Å². The van der Waals surface area contributed by atoms with Gasteiger partial charge in [-0.25, -0.2) is 0 Å². The standard InChI is InChI=1S/C26H22ClN3O4/c1-15(31)30(2)20-9-7-19(8-10-20)28-25(17-5-3-4-16(12-17)13-23(32)33)24-21-11-6-18(27)14-22(21)29-26(24)34/h3-12,14,28H,13H2,1-2H3,(H,29,34)(H,32,33). The van der Waals surface area contributed by atoms with Gasteiger partial charge in [-0.05, 0) is 53.6 Å². The largest absolute Gasteiger partial charge is 0.481 e. The summed E-state index contributed by atoms with van der Waals surface area (Å²) in [7, 11) is 1.69. The number of nitrogens with one attached hydrogen (secondary N) is 2. The van der Waals surface area contributed by atoms with Crippen molar-refractivity contribution < 1.29 is 19.5 Å². The molecule has 0 saturated heterocycles. The first-order valence-electron chi connectivity index (χ1n) is 10.5. The monoisotopic (exact) mass is 475 g/mol. The summed E-state index contributed by atoms with van der Waals surface area (Å²) in [5.41, 5.74) is 4.94. The van der Waals surface area contributed by atoms with E-state index in [1.807, 2.05) is 18.2 Å². The molecule has 7 nitrogen and oxygen atoms in total. The fraction of sp³-hybridized carbons (Fsp3) is 0.115. The quantitative estimate of drug-likeness (QED) is 0.441. The molecule has 0 aliphatic carbocycles. The van der Waals surface area contributed by atoms with Crippen molar-refractivity contribution in [2.24, 2.45) is 0 Å². The van der Waals surface area contributed by atoms with Gasteiger partial charge in [-0.15, -0.1) is 0 Å². The molecule has 0 bridgehead atoms. The van der Waals surface area contributed by atoms with Gasteiger partial charge >= 0.3 is 5.97 Å². The molecule has 1 aliphatic rings. The van der Waals surface area contributed by atoms with Crippen molar-refractivity contribution in [1.29, 1.82) is 0 Å². The fourth-order valence-corrected chi connectivity index (χ4v) is 3.95. The first-order chi connectivity index (χ1) is 16.2. The van der Waals surface area contributed by atoms with Gasteiger partial charge < -0.3 is 20.6 Å². The zero-order valence-corrected chi connectivity index (χ0v) is 19.3. The summed E-state index contributed by atoms with van der Waals surface area (Å²) in [6.45, 7) is 1.49. The van der Waals surface area contributed by atoms with Crippen LogP contribution in [0.3, 0.4) is 0 Å². The molecule has 0 atom stereocenters. The van der Waals surface area contributed by atoms with E-state index >= 15 is 0 Å². The van der Waals surface area contributed by atoms with Crippen molar-refractivity contribution in [2.45, 2.75) is 13.3 Å². The Labute approximate surface area is 201 Å². The summed E-state index contributed by atoms with van der Waals surface area (Å²) in [5.74, 6) is -1.32. The zero-order valence-electron chi connectivity index (χ0n) is 18.6. The maximum Gasteiger partial charge on any atom is 0.307 e. The Balaban J connectivity index is 1.82. The van der Waals surface area contributed by atoms with Gasteiger partial charge in [-0.3, -0.25) is 14.4 Å². The van der Waals surface area contributed by atoms with Crippen LogP contribution in [0.1, 0.15) is 23.6 Å². The molecular weight excluding hydrogens is 454 g/mol. The molecule has 0 radical (unpaired) electrons. The lowest BCUT2D eigenvalue weighted by Gasteiger charge is -2.18. The molecule has 3 N–H and O–H groups in total. The molecule has 2 amide bonds. The topological polar surface area (TPSA) is 98.7 Å². The van der Waals surface area contributed by atoms with Gasteiger partial charge in [0.25, 0.3) is 5.91 Å². The van der Waals surface area contributed by atoms with E-state index in [4.69, 9.17) is 11.6 Å². The first-order valence-corrected chi connectivity index (χ1v) is 10.9. The number of hydrogen-bond acceptors (Lipinski definition) is 4. The Morgan fingerprint density at radius 2 is 1.79 bits per heavy atom. The lowest BCUT2D eigenvalue weighted by molar-refractivity contribution is -0.136. The smallest absolute Gasteiger partial charge is 0.307 e. The maximum atomic E-state index is 13.0. The van der Waals surface area contributed by atoms with E-state index in [9.17, 15) is 19.5 Å². The number of halogens is 1. The summed E-state index contributed by atoms with van der Waals surface area (Å²) in [5, 5.41) is 15.9. The molecule has 8 heteroatoms. The van der Waals surface area contributed by atoms with E-state index in [0.29, 0.717) is 44.4 Å². The van der Waals surface area contributed by atoms with Crippen LogP contribution in [0, 0.1) is 0 Å². The summed E-state index contributed by atoms with van der Waals surface area (Å²) in [4.78, 5) is 37.5. The number of anilines is 3. The third-order valence-corrected chi connectivity index (χ3v) is 5.78.